The van der Waals surface area contributed by atoms with E-state index >= 15 is 0 Å². The quantitative estimate of drug-likeness (QED) is 0.712. The van der Waals surface area contributed by atoms with Gasteiger partial charge in [0.1, 0.15) is 0 Å². The first-order valence-corrected chi connectivity index (χ1v) is 9.23. The van der Waals surface area contributed by atoms with Crippen LogP contribution in [0.15, 0.2) is 0 Å². The van der Waals surface area contributed by atoms with Crippen molar-refractivity contribution in [1.82, 2.24) is 4.90 Å². The predicted molar refractivity (Wildman–Crippen MR) is 85.1 cm³/mol. The second-order valence-corrected chi connectivity index (χ2v) is 7.10. The molecule has 3 nitrogen and oxygen atoms in total. The fraction of sp³-hybridized carbons (Fsp3) is 0.938. The van der Waals surface area contributed by atoms with E-state index in [0.29, 0.717) is 5.91 Å². The number of amides is 1. The summed E-state index contributed by atoms with van der Waals surface area (Å²) >= 11 is 3.68. The van der Waals surface area contributed by atoms with E-state index in [4.69, 9.17) is 4.74 Å². The number of nitrogens with zero attached hydrogens (tertiary/aromatic N) is 1. The van der Waals surface area contributed by atoms with Crippen LogP contribution < -0.4 is 0 Å². The summed E-state index contributed by atoms with van der Waals surface area (Å²) in [6, 6.07) is 0. The van der Waals surface area contributed by atoms with Crippen LogP contribution in [0.3, 0.4) is 0 Å². The van der Waals surface area contributed by atoms with Crippen LogP contribution in [0.1, 0.15) is 51.9 Å². The highest BCUT2D eigenvalue weighted by Gasteiger charge is 2.35. The molecule has 2 saturated heterocycles. The summed E-state index contributed by atoms with van der Waals surface area (Å²) in [7, 11) is 0. The smallest absolute Gasteiger partial charge is 0.222 e. The molecule has 0 aliphatic carbocycles. The highest BCUT2D eigenvalue weighted by molar-refractivity contribution is 9.09. The largest absolute Gasteiger partial charge is 0.381 e. The van der Waals surface area contributed by atoms with E-state index in [1.807, 2.05) is 0 Å². The van der Waals surface area contributed by atoms with Gasteiger partial charge < -0.3 is 9.64 Å². The Balaban J connectivity index is 1.94. The lowest BCUT2D eigenvalue weighted by atomic mass is 9.81. The summed E-state index contributed by atoms with van der Waals surface area (Å²) in [5, 5.41) is 0.978. The first-order chi connectivity index (χ1) is 9.69. The van der Waals surface area contributed by atoms with Crippen molar-refractivity contribution in [3.8, 4) is 0 Å². The fourth-order valence-electron chi connectivity index (χ4n) is 3.50. The van der Waals surface area contributed by atoms with Gasteiger partial charge in [0.15, 0.2) is 0 Å². The molecule has 2 rings (SSSR count). The molecule has 116 valence electrons. The molecule has 0 aromatic rings. The van der Waals surface area contributed by atoms with Crippen LogP contribution in [0.5, 0.6) is 0 Å². The van der Waals surface area contributed by atoms with Crippen molar-refractivity contribution >= 4 is 21.8 Å². The average Bonchev–Trinajstić information content (AvgIpc) is 2.64. The van der Waals surface area contributed by atoms with Crippen molar-refractivity contribution in [3.63, 3.8) is 0 Å². The van der Waals surface area contributed by atoms with Crippen LogP contribution in [-0.2, 0) is 9.53 Å². The molecule has 20 heavy (non-hydrogen) atoms. The topological polar surface area (TPSA) is 29.5 Å². The van der Waals surface area contributed by atoms with Gasteiger partial charge in [-0.1, -0.05) is 35.7 Å². The standard InChI is InChI=1S/C16H28BrNO2/c1-2-3-14-4-5-15(19)18(9-6-14)13-16(12-17)7-10-20-11-8-16/h14H,2-13H2,1H3. The molecule has 4 heteroatoms. The summed E-state index contributed by atoms with van der Waals surface area (Å²) in [4.78, 5) is 14.5. The monoisotopic (exact) mass is 345 g/mol. The van der Waals surface area contributed by atoms with Gasteiger partial charge in [-0.2, -0.15) is 0 Å². The molecule has 1 unspecified atom stereocenters. The van der Waals surface area contributed by atoms with Crippen LogP contribution in [0.25, 0.3) is 0 Å². The van der Waals surface area contributed by atoms with E-state index in [-0.39, 0.29) is 5.41 Å². The molecule has 0 bridgehead atoms. The first kappa shape index (κ1) is 16.3. The Kier molecular flexibility index (Phi) is 6.34. The van der Waals surface area contributed by atoms with Crippen LogP contribution in [0.2, 0.25) is 0 Å². The second-order valence-electron chi connectivity index (χ2n) is 6.54. The maximum absolute atomic E-state index is 12.4. The van der Waals surface area contributed by atoms with Gasteiger partial charge in [-0.3, -0.25) is 4.79 Å². The molecule has 2 fully saturated rings. The average molecular weight is 346 g/mol. The number of rotatable bonds is 5. The molecule has 1 amide bonds. The molecule has 0 spiro atoms. The molecule has 2 aliphatic rings. The van der Waals surface area contributed by atoms with Crippen molar-refractivity contribution in [3.05, 3.63) is 0 Å². The Morgan fingerprint density at radius 3 is 2.75 bits per heavy atom. The third kappa shape index (κ3) is 4.20. The number of halogens is 1. The molecule has 0 radical (unpaired) electrons. The summed E-state index contributed by atoms with van der Waals surface area (Å²) in [6.07, 6.45) is 7.68. The Morgan fingerprint density at radius 1 is 1.35 bits per heavy atom. The molecule has 0 aromatic carbocycles. The Morgan fingerprint density at radius 2 is 2.10 bits per heavy atom. The third-order valence-corrected chi connectivity index (χ3v) is 6.18. The van der Waals surface area contributed by atoms with Crippen LogP contribution in [-0.4, -0.2) is 42.4 Å². The van der Waals surface area contributed by atoms with E-state index in [2.05, 4.69) is 27.8 Å². The molecule has 1 atom stereocenters. The van der Waals surface area contributed by atoms with Gasteiger partial charge in [-0.15, -0.1) is 0 Å². The molecular weight excluding hydrogens is 318 g/mol. The zero-order chi connectivity index (χ0) is 14.4. The van der Waals surface area contributed by atoms with Gasteiger partial charge in [0.05, 0.1) is 0 Å². The lowest BCUT2D eigenvalue weighted by molar-refractivity contribution is -0.133. The zero-order valence-electron chi connectivity index (χ0n) is 12.7. The lowest BCUT2D eigenvalue weighted by Crippen LogP contribution is -2.45. The maximum atomic E-state index is 12.4. The number of hydrogen-bond donors (Lipinski definition) is 0. The fourth-order valence-corrected chi connectivity index (χ4v) is 4.24. The Labute approximate surface area is 131 Å². The van der Waals surface area contributed by atoms with E-state index in [1.165, 1.54) is 19.3 Å². The lowest BCUT2D eigenvalue weighted by Gasteiger charge is -2.39. The van der Waals surface area contributed by atoms with E-state index in [9.17, 15) is 4.79 Å². The number of hydrogen-bond acceptors (Lipinski definition) is 2. The van der Waals surface area contributed by atoms with Crippen molar-refractivity contribution in [2.45, 2.75) is 51.9 Å². The molecule has 0 saturated carbocycles. The van der Waals surface area contributed by atoms with Crippen LogP contribution in [0.4, 0.5) is 0 Å². The van der Waals surface area contributed by atoms with Crippen LogP contribution in [0, 0.1) is 11.3 Å². The number of ether oxygens (including phenoxy) is 1. The Bertz CT molecular complexity index is 316. The van der Waals surface area contributed by atoms with Crippen molar-refractivity contribution in [2.24, 2.45) is 11.3 Å². The van der Waals surface area contributed by atoms with Crippen molar-refractivity contribution in [2.75, 3.05) is 31.6 Å². The van der Waals surface area contributed by atoms with Gasteiger partial charge in [0.2, 0.25) is 5.91 Å². The number of alkyl halides is 1. The zero-order valence-corrected chi connectivity index (χ0v) is 14.3. The van der Waals surface area contributed by atoms with E-state index in [1.54, 1.807) is 0 Å². The summed E-state index contributed by atoms with van der Waals surface area (Å²) < 4.78 is 5.49. The molecule has 2 aliphatic heterocycles. The molecule has 0 N–H and O–H groups in total. The number of carbonyl (C=O) groups is 1. The summed E-state index contributed by atoms with van der Waals surface area (Å²) in [5.41, 5.74) is 0.235. The maximum Gasteiger partial charge on any atom is 0.222 e. The highest BCUT2D eigenvalue weighted by Crippen LogP contribution is 2.35. The molecular formula is C16H28BrNO2. The molecule has 2 heterocycles. The predicted octanol–water partition coefficient (Wildman–Crippen LogP) is 3.61. The van der Waals surface area contributed by atoms with Gasteiger partial charge in [-0.25, -0.2) is 0 Å². The van der Waals surface area contributed by atoms with Gasteiger partial charge >= 0.3 is 0 Å². The van der Waals surface area contributed by atoms with Crippen molar-refractivity contribution in [1.29, 1.82) is 0 Å². The van der Waals surface area contributed by atoms with E-state index < -0.39 is 0 Å². The minimum Gasteiger partial charge on any atom is -0.381 e. The van der Waals surface area contributed by atoms with Gasteiger partial charge in [-0.05, 0) is 31.6 Å². The second kappa shape index (κ2) is 7.79. The Hall–Kier alpha value is -0.0900. The molecule has 0 aromatic heterocycles. The minimum atomic E-state index is 0.235. The van der Waals surface area contributed by atoms with Crippen LogP contribution >= 0.6 is 15.9 Å². The van der Waals surface area contributed by atoms with Crippen molar-refractivity contribution < 1.29 is 9.53 Å². The van der Waals surface area contributed by atoms with E-state index in [0.717, 1.165) is 63.2 Å². The minimum absolute atomic E-state index is 0.235. The summed E-state index contributed by atoms with van der Waals surface area (Å²) in [5.74, 6) is 1.12. The normalized spacial score (nSPS) is 27.4. The highest BCUT2D eigenvalue weighted by atomic mass is 79.9. The van der Waals surface area contributed by atoms with Gasteiger partial charge in [0, 0.05) is 43.5 Å². The SMILES string of the molecule is CCCC1CCC(=O)N(CC2(CBr)CCOCC2)CC1. The summed E-state index contributed by atoms with van der Waals surface area (Å²) in [6.45, 7) is 5.79. The number of likely N-dealkylation sites (tertiary alicyclic amines) is 1. The van der Waals surface area contributed by atoms with Gasteiger partial charge in [0.25, 0.3) is 0 Å². The number of carbonyl (C=O) groups excluding carboxylic acids is 1. The third-order valence-electron chi connectivity index (χ3n) is 4.99. The first-order valence-electron chi connectivity index (χ1n) is 8.10.